The number of hydrogen-bond acceptors (Lipinski definition) is 2. The van der Waals surface area contributed by atoms with E-state index in [4.69, 9.17) is 21.4 Å². The standard InChI is InChI=1S/C14H11ClO3/c15-8-3-9-18-13-11-5-2-1-4-10(11)6-7-12(13)14(16)17/h1-8H,9H2,(H,16,17). The molecule has 0 atom stereocenters. The molecule has 18 heavy (non-hydrogen) atoms. The Kier molecular flexibility index (Phi) is 3.85. The molecule has 0 radical (unpaired) electrons. The largest absolute Gasteiger partial charge is 0.488 e. The van der Waals surface area contributed by atoms with E-state index in [1.165, 1.54) is 5.54 Å². The van der Waals surface area contributed by atoms with Crippen molar-refractivity contribution in [2.75, 3.05) is 6.61 Å². The molecule has 3 nitrogen and oxygen atoms in total. The lowest BCUT2D eigenvalue weighted by molar-refractivity contribution is 0.0693. The molecule has 2 aromatic rings. The predicted molar refractivity (Wildman–Crippen MR) is 71.4 cm³/mol. The van der Waals surface area contributed by atoms with Crippen LogP contribution in [0, 0.1) is 0 Å². The van der Waals surface area contributed by atoms with Gasteiger partial charge in [0.1, 0.15) is 17.9 Å². The summed E-state index contributed by atoms with van der Waals surface area (Å²) in [6.07, 6.45) is 1.61. The van der Waals surface area contributed by atoms with Crippen LogP contribution in [0.25, 0.3) is 10.8 Å². The van der Waals surface area contributed by atoms with Gasteiger partial charge in [-0.2, -0.15) is 0 Å². The summed E-state index contributed by atoms with van der Waals surface area (Å²) in [4.78, 5) is 11.2. The first kappa shape index (κ1) is 12.5. The van der Waals surface area contributed by atoms with Crippen LogP contribution in [0.4, 0.5) is 0 Å². The molecule has 0 saturated heterocycles. The molecule has 0 heterocycles. The summed E-state index contributed by atoms with van der Waals surface area (Å²) < 4.78 is 5.50. The highest BCUT2D eigenvalue weighted by molar-refractivity contribution is 6.25. The van der Waals surface area contributed by atoms with Crippen LogP contribution in [0.1, 0.15) is 10.4 Å². The van der Waals surface area contributed by atoms with Crippen molar-refractivity contribution in [1.29, 1.82) is 0 Å². The second-order valence-corrected chi connectivity index (χ2v) is 3.89. The molecule has 1 N–H and O–H groups in total. The van der Waals surface area contributed by atoms with Gasteiger partial charge in [0.05, 0.1) is 0 Å². The minimum absolute atomic E-state index is 0.150. The quantitative estimate of drug-likeness (QED) is 0.914. The van der Waals surface area contributed by atoms with Crippen molar-refractivity contribution in [3.8, 4) is 5.75 Å². The Balaban J connectivity index is 2.55. The zero-order valence-electron chi connectivity index (χ0n) is 9.47. The van der Waals surface area contributed by atoms with E-state index in [-0.39, 0.29) is 12.2 Å². The lowest BCUT2D eigenvalue weighted by atomic mass is 10.1. The number of carboxylic acid groups (broad SMARTS) is 1. The minimum atomic E-state index is -1.01. The van der Waals surface area contributed by atoms with Crippen molar-refractivity contribution in [3.63, 3.8) is 0 Å². The average Bonchev–Trinajstić information content (AvgIpc) is 2.38. The molecule has 0 amide bonds. The van der Waals surface area contributed by atoms with Gasteiger partial charge in [0.2, 0.25) is 0 Å². The fourth-order valence-corrected chi connectivity index (χ4v) is 1.81. The van der Waals surface area contributed by atoms with Crippen molar-refractivity contribution < 1.29 is 14.6 Å². The van der Waals surface area contributed by atoms with Crippen LogP contribution in [0.3, 0.4) is 0 Å². The lowest BCUT2D eigenvalue weighted by Crippen LogP contribution is -2.03. The summed E-state index contributed by atoms with van der Waals surface area (Å²) in [6.45, 7) is 0.234. The number of carboxylic acids is 1. The summed E-state index contributed by atoms with van der Waals surface area (Å²) in [5, 5.41) is 10.9. The maximum Gasteiger partial charge on any atom is 0.339 e. The number of carbonyl (C=O) groups is 1. The molecule has 0 aliphatic rings. The van der Waals surface area contributed by atoms with Crippen molar-refractivity contribution in [3.05, 3.63) is 53.6 Å². The van der Waals surface area contributed by atoms with E-state index < -0.39 is 5.97 Å². The number of halogens is 1. The van der Waals surface area contributed by atoms with Crippen molar-refractivity contribution >= 4 is 28.3 Å². The molecule has 2 aromatic carbocycles. The third kappa shape index (κ3) is 2.46. The highest BCUT2D eigenvalue weighted by Crippen LogP contribution is 2.30. The molecule has 92 valence electrons. The van der Waals surface area contributed by atoms with Crippen LogP contribution in [-0.2, 0) is 0 Å². The van der Waals surface area contributed by atoms with Gasteiger partial charge in [-0.25, -0.2) is 4.79 Å². The SMILES string of the molecule is O=C(O)c1ccc2ccccc2c1OCC=CCl. The van der Waals surface area contributed by atoms with Gasteiger partial charge >= 0.3 is 5.97 Å². The molecule has 0 aliphatic heterocycles. The van der Waals surface area contributed by atoms with Crippen LogP contribution >= 0.6 is 11.6 Å². The number of fused-ring (bicyclic) bond motifs is 1. The Morgan fingerprint density at radius 2 is 2.06 bits per heavy atom. The van der Waals surface area contributed by atoms with E-state index in [2.05, 4.69) is 0 Å². The maximum absolute atomic E-state index is 11.2. The number of hydrogen-bond donors (Lipinski definition) is 1. The van der Waals surface area contributed by atoms with Crippen LogP contribution < -0.4 is 4.74 Å². The molecule has 0 saturated carbocycles. The predicted octanol–water partition coefficient (Wildman–Crippen LogP) is 3.67. The highest BCUT2D eigenvalue weighted by Gasteiger charge is 2.14. The molecule has 0 aliphatic carbocycles. The molecule has 0 fully saturated rings. The Labute approximate surface area is 109 Å². The Morgan fingerprint density at radius 1 is 1.28 bits per heavy atom. The number of benzene rings is 2. The molecule has 2 rings (SSSR count). The number of rotatable bonds is 4. The molecular weight excluding hydrogens is 252 g/mol. The van der Waals surface area contributed by atoms with E-state index in [0.717, 1.165) is 10.8 Å². The van der Waals surface area contributed by atoms with E-state index in [9.17, 15) is 4.79 Å². The van der Waals surface area contributed by atoms with E-state index in [0.29, 0.717) is 5.75 Å². The molecule has 0 unspecified atom stereocenters. The molecule has 0 spiro atoms. The second kappa shape index (κ2) is 5.56. The number of aromatic carboxylic acids is 1. The third-order valence-corrected chi connectivity index (χ3v) is 2.70. The normalized spacial score (nSPS) is 10.9. The smallest absolute Gasteiger partial charge is 0.339 e. The van der Waals surface area contributed by atoms with Crippen LogP contribution in [0.5, 0.6) is 5.75 Å². The van der Waals surface area contributed by atoms with Crippen LogP contribution in [-0.4, -0.2) is 17.7 Å². The Bertz CT molecular complexity index is 605. The van der Waals surface area contributed by atoms with Gasteiger partial charge in [0, 0.05) is 10.9 Å². The first-order valence-electron chi connectivity index (χ1n) is 5.37. The van der Waals surface area contributed by atoms with Crippen LogP contribution in [0.15, 0.2) is 48.0 Å². The van der Waals surface area contributed by atoms with Gasteiger partial charge in [-0.3, -0.25) is 0 Å². The second-order valence-electron chi connectivity index (χ2n) is 3.64. The van der Waals surface area contributed by atoms with Gasteiger partial charge in [-0.05, 0) is 17.5 Å². The fourth-order valence-electron chi connectivity index (χ4n) is 1.73. The maximum atomic E-state index is 11.2. The van der Waals surface area contributed by atoms with E-state index in [1.807, 2.05) is 24.3 Å². The van der Waals surface area contributed by atoms with Gasteiger partial charge in [-0.1, -0.05) is 41.9 Å². The van der Waals surface area contributed by atoms with Crippen molar-refractivity contribution in [1.82, 2.24) is 0 Å². The van der Waals surface area contributed by atoms with Gasteiger partial charge < -0.3 is 9.84 Å². The van der Waals surface area contributed by atoms with Gasteiger partial charge in [-0.15, -0.1) is 0 Å². The number of ether oxygens (including phenoxy) is 1. The molecule has 0 bridgehead atoms. The first-order valence-corrected chi connectivity index (χ1v) is 5.80. The molecule has 4 heteroatoms. The fraction of sp³-hybridized carbons (Fsp3) is 0.0714. The summed E-state index contributed by atoms with van der Waals surface area (Å²) in [7, 11) is 0. The minimum Gasteiger partial charge on any atom is -0.488 e. The summed E-state index contributed by atoms with van der Waals surface area (Å²) in [5.41, 5.74) is 1.49. The lowest BCUT2D eigenvalue weighted by Gasteiger charge is -2.10. The monoisotopic (exact) mass is 262 g/mol. The van der Waals surface area contributed by atoms with Gasteiger partial charge in [0.15, 0.2) is 0 Å². The molecular formula is C14H11ClO3. The van der Waals surface area contributed by atoms with E-state index >= 15 is 0 Å². The Hall–Kier alpha value is -2.00. The van der Waals surface area contributed by atoms with E-state index in [1.54, 1.807) is 18.2 Å². The summed E-state index contributed by atoms with van der Waals surface area (Å²) in [6, 6.07) is 10.8. The zero-order chi connectivity index (χ0) is 13.0. The average molecular weight is 263 g/mol. The molecule has 0 aromatic heterocycles. The van der Waals surface area contributed by atoms with Crippen LogP contribution in [0.2, 0.25) is 0 Å². The van der Waals surface area contributed by atoms with Crippen molar-refractivity contribution in [2.24, 2.45) is 0 Å². The first-order chi connectivity index (χ1) is 8.74. The summed E-state index contributed by atoms with van der Waals surface area (Å²) in [5.74, 6) is -0.638. The summed E-state index contributed by atoms with van der Waals surface area (Å²) >= 11 is 5.41. The Morgan fingerprint density at radius 3 is 2.78 bits per heavy atom. The van der Waals surface area contributed by atoms with Gasteiger partial charge in [0.25, 0.3) is 0 Å². The zero-order valence-corrected chi connectivity index (χ0v) is 10.2. The van der Waals surface area contributed by atoms with Crippen molar-refractivity contribution in [2.45, 2.75) is 0 Å². The highest BCUT2D eigenvalue weighted by atomic mass is 35.5. The topological polar surface area (TPSA) is 46.5 Å². The third-order valence-electron chi connectivity index (χ3n) is 2.52.